The molecule has 0 heterocycles. The molecule has 0 bridgehead atoms. The van der Waals surface area contributed by atoms with Crippen LogP contribution in [0, 0.1) is 0 Å². The molecule has 3 amide bonds. The van der Waals surface area contributed by atoms with Crippen LogP contribution in [0.4, 0.5) is 4.79 Å². The van der Waals surface area contributed by atoms with Crippen LogP contribution in [0.2, 0.25) is 10.0 Å². The minimum atomic E-state index is -0.506. The first-order chi connectivity index (χ1) is 9.79. The molecule has 3 N–H and O–H groups in total. The van der Waals surface area contributed by atoms with Gasteiger partial charge in [0.2, 0.25) is 5.91 Å². The summed E-state index contributed by atoms with van der Waals surface area (Å²) in [5.74, 6) is -0.412. The molecule has 0 saturated carbocycles. The smallest absolute Gasteiger partial charge is 0.321 e. The first-order valence-electron chi connectivity index (χ1n) is 6.58. The second-order valence-corrected chi connectivity index (χ2v) is 5.79. The number of hydrogen-bond acceptors (Lipinski definition) is 3. The van der Waals surface area contributed by atoms with Crippen LogP contribution >= 0.6 is 23.2 Å². The Morgan fingerprint density at radius 1 is 1.19 bits per heavy atom. The van der Waals surface area contributed by atoms with Gasteiger partial charge in [0.05, 0.1) is 6.54 Å². The Morgan fingerprint density at radius 2 is 1.86 bits per heavy atom. The number of amides is 3. The Hall–Kier alpha value is -1.30. The van der Waals surface area contributed by atoms with Crippen molar-refractivity contribution in [3.63, 3.8) is 0 Å². The summed E-state index contributed by atoms with van der Waals surface area (Å²) in [6, 6.07) is 4.50. The van der Waals surface area contributed by atoms with Crippen LogP contribution in [-0.4, -0.2) is 24.5 Å². The molecule has 0 radical (unpaired) electrons. The molecule has 0 aliphatic carbocycles. The van der Waals surface area contributed by atoms with Crippen molar-refractivity contribution in [1.82, 2.24) is 16.0 Å². The van der Waals surface area contributed by atoms with E-state index in [4.69, 9.17) is 23.2 Å². The van der Waals surface area contributed by atoms with Gasteiger partial charge in [0, 0.05) is 22.1 Å². The van der Waals surface area contributed by atoms with E-state index < -0.39 is 11.9 Å². The first kappa shape index (κ1) is 17.8. The Bertz CT molecular complexity index is 521. The minimum Gasteiger partial charge on any atom is -0.336 e. The van der Waals surface area contributed by atoms with E-state index in [0.29, 0.717) is 10.0 Å². The van der Waals surface area contributed by atoms with Crippen molar-refractivity contribution in [2.24, 2.45) is 0 Å². The lowest BCUT2D eigenvalue weighted by Gasteiger charge is -2.16. The molecule has 0 saturated heterocycles. The minimum absolute atomic E-state index is 0.00559. The summed E-state index contributed by atoms with van der Waals surface area (Å²) in [7, 11) is 0. The fourth-order valence-electron chi connectivity index (χ4n) is 1.68. The Kier molecular flexibility index (Phi) is 6.95. The van der Waals surface area contributed by atoms with Crippen molar-refractivity contribution in [2.75, 3.05) is 6.54 Å². The summed E-state index contributed by atoms with van der Waals surface area (Å²) in [6.07, 6.45) is 0. The van der Waals surface area contributed by atoms with Crippen LogP contribution in [0.3, 0.4) is 0 Å². The molecule has 116 valence electrons. The molecule has 0 aromatic heterocycles. The van der Waals surface area contributed by atoms with E-state index in [1.165, 1.54) is 0 Å². The zero-order valence-electron chi connectivity index (χ0n) is 12.2. The molecule has 7 heteroatoms. The number of carbonyl (C=O) groups excluding carboxylic acids is 2. The molecular weight excluding hydrogens is 313 g/mol. The molecule has 0 spiro atoms. The van der Waals surface area contributed by atoms with E-state index in [-0.39, 0.29) is 18.6 Å². The quantitative estimate of drug-likeness (QED) is 0.776. The van der Waals surface area contributed by atoms with Crippen molar-refractivity contribution in [3.8, 4) is 0 Å². The zero-order chi connectivity index (χ0) is 16.0. The maximum absolute atomic E-state index is 11.6. The van der Waals surface area contributed by atoms with E-state index in [1.807, 2.05) is 20.8 Å². The summed E-state index contributed by atoms with van der Waals surface area (Å²) < 4.78 is 0. The number of halogens is 2. The number of nitrogens with one attached hydrogen (secondary N) is 3. The molecule has 5 nitrogen and oxygen atoms in total. The second-order valence-electron chi connectivity index (χ2n) is 4.94. The van der Waals surface area contributed by atoms with Gasteiger partial charge in [0.25, 0.3) is 0 Å². The average Bonchev–Trinajstić information content (AvgIpc) is 2.34. The highest BCUT2D eigenvalue weighted by molar-refractivity contribution is 6.35. The van der Waals surface area contributed by atoms with Crippen molar-refractivity contribution >= 4 is 35.1 Å². The van der Waals surface area contributed by atoms with Gasteiger partial charge >= 0.3 is 6.03 Å². The number of carbonyl (C=O) groups is 2. The summed E-state index contributed by atoms with van der Waals surface area (Å²) in [5.41, 5.74) is 0.834. The molecule has 1 aromatic carbocycles. The fraction of sp³-hybridized carbons (Fsp3) is 0.429. The van der Waals surface area contributed by atoms with Crippen molar-refractivity contribution in [2.45, 2.75) is 32.9 Å². The van der Waals surface area contributed by atoms with Crippen LogP contribution in [0.15, 0.2) is 18.2 Å². The first-order valence-corrected chi connectivity index (χ1v) is 7.34. The lowest BCUT2D eigenvalue weighted by molar-refractivity contribution is -0.119. The highest BCUT2D eigenvalue weighted by Gasteiger charge is 2.13. The number of benzene rings is 1. The molecule has 0 aliphatic rings. The lowest BCUT2D eigenvalue weighted by atomic mass is 10.1. The molecule has 0 aliphatic heterocycles. The predicted molar refractivity (Wildman–Crippen MR) is 84.7 cm³/mol. The lowest BCUT2D eigenvalue weighted by Crippen LogP contribution is -2.45. The van der Waals surface area contributed by atoms with Gasteiger partial charge < -0.3 is 10.6 Å². The SMILES string of the molecule is CC(C)NC(=O)NC(=O)CN[C@@H](C)c1ccc(Cl)cc1Cl. The van der Waals surface area contributed by atoms with Crippen LogP contribution in [0.1, 0.15) is 32.4 Å². The van der Waals surface area contributed by atoms with Crippen molar-refractivity contribution in [1.29, 1.82) is 0 Å². The highest BCUT2D eigenvalue weighted by Crippen LogP contribution is 2.25. The van der Waals surface area contributed by atoms with Gasteiger partial charge in [-0.05, 0) is 38.5 Å². The van der Waals surface area contributed by atoms with Gasteiger partial charge in [0.1, 0.15) is 0 Å². The number of urea groups is 1. The highest BCUT2D eigenvalue weighted by atomic mass is 35.5. The standard InChI is InChI=1S/C14H19Cl2N3O2/c1-8(2)18-14(21)19-13(20)7-17-9(3)11-5-4-10(15)6-12(11)16/h4-6,8-9,17H,7H2,1-3H3,(H2,18,19,20,21)/t9-/m0/s1. The predicted octanol–water partition coefficient (Wildman–Crippen LogP) is 2.88. The van der Waals surface area contributed by atoms with Crippen molar-refractivity contribution in [3.05, 3.63) is 33.8 Å². The summed E-state index contributed by atoms with van der Waals surface area (Å²) in [6.45, 7) is 5.50. The monoisotopic (exact) mass is 331 g/mol. The van der Waals surface area contributed by atoms with Crippen molar-refractivity contribution < 1.29 is 9.59 Å². The topological polar surface area (TPSA) is 70.2 Å². The molecule has 1 rings (SSSR count). The molecule has 1 atom stereocenters. The fourth-order valence-corrected chi connectivity index (χ4v) is 2.25. The number of rotatable bonds is 5. The average molecular weight is 332 g/mol. The molecule has 0 fully saturated rings. The second kappa shape index (κ2) is 8.22. The summed E-state index contributed by atoms with van der Waals surface area (Å²) in [4.78, 5) is 23.0. The van der Waals surface area contributed by atoms with E-state index in [9.17, 15) is 9.59 Å². The van der Waals surface area contributed by atoms with E-state index in [0.717, 1.165) is 5.56 Å². The van der Waals surface area contributed by atoms with Crippen LogP contribution < -0.4 is 16.0 Å². The van der Waals surface area contributed by atoms with Gasteiger partial charge in [-0.1, -0.05) is 29.3 Å². The molecule has 0 unspecified atom stereocenters. The van der Waals surface area contributed by atoms with Gasteiger partial charge in [-0.2, -0.15) is 0 Å². The van der Waals surface area contributed by atoms with Gasteiger partial charge in [-0.3, -0.25) is 10.1 Å². The summed E-state index contributed by atoms with van der Waals surface area (Å²) >= 11 is 11.9. The maximum Gasteiger partial charge on any atom is 0.321 e. The third-order valence-corrected chi connectivity index (χ3v) is 3.23. The van der Waals surface area contributed by atoms with Crippen LogP contribution in [0.25, 0.3) is 0 Å². The zero-order valence-corrected chi connectivity index (χ0v) is 13.7. The van der Waals surface area contributed by atoms with Crippen LogP contribution in [-0.2, 0) is 4.79 Å². The van der Waals surface area contributed by atoms with E-state index in [1.54, 1.807) is 18.2 Å². The third kappa shape index (κ3) is 6.33. The maximum atomic E-state index is 11.6. The molecular formula is C14H19Cl2N3O2. The van der Waals surface area contributed by atoms with Gasteiger partial charge in [-0.15, -0.1) is 0 Å². The van der Waals surface area contributed by atoms with Gasteiger partial charge in [0.15, 0.2) is 0 Å². The Morgan fingerprint density at radius 3 is 2.43 bits per heavy atom. The van der Waals surface area contributed by atoms with E-state index in [2.05, 4.69) is 16.0 Å². The van der Waals surface area contributed by atoms with E-state index >= 15 is 0 Å². The number of hydrogen-bond donors (Lipinski definition) is 3. The molecule has 21 heavy (non-hydrogen) atoms. The Balaban J connectivity index is 2.47. The van der Waals surface area contributed by atoms with Gasteiger partial charge in [-0.25, -0.2) is 4.79 Å². The normalized spacial score (nSPS) is 12.1. The van der Waals surface area contributed by atoms with Crippen LogP contribution in [0.5, 0.6) is 0 Å². The number of imide groups is 1. The molecule has 1 aromatic rings. The summed E-state index contributed by atoms with van der Waals surface area (Å²) in [5, 5.41) is 8.89. The largest absolute Gasteiger partial charge is 0.336 e. The Labute approximate surface area is 134 Å². The third-order valence-electron chi connectivity index (χ3n) is 2.67.